The molecule has 9 nitrogen and oxygen atoms in total. The van der Waals surface area contributed by atoms with Gasteiger partial charge in [0.2, 0.25) is 15.9 Å². The molecule has 0 saturated carbocycles. The molecule has 0 aliphatic rings. The van der Waals surface area contributed by atoms with Crippen molar-refractivity contribution >= 4 is 38.1 Å². The number of carbonyl (C=O) groups is 1. The molecule has 3 aromatic rings. The number of hydrogen-bond donors (Lipinski definition) is 1. The molecule has 0 fully saturated rings. The number of non-ortho nitro benzene ring substituents is 1. The van der Waals surface area contributed by atoms with Crippen LogP contribution in [0.3, 0.4) is 0 Å². The van der Waals surface area contributed by atoms with E-state index in [-0.39, 0.29) is 24.5 Å². The van der Waals surface area contributed by atoms with Crippen molar-refractivity contribution in [3.8, 4) is 5.75 Å². The Hall–Kier alpha value is -3.66. The fourth-order valence-corrected chi connectivity index (χ4v) is 4.52. The number of hydrogen-bond acceptors (Lipinski definition) is 6. The van der Waals surface area contributed by atoms with Crippen molar-refractivity contribution in [3.63, 3.8) is 0 Å². The van der Waals surface area contributed by atoms with Gasteiger partial charge in [-0.1, -0.05) is 42.5 Å². The molecule has 168 valence electrons. The van der Waals surface area contributed by atoms with E-state index in [2.05, 4.69) is 5.32 Å². The number of fused-ring (bicyclic) bond motifs is 1. The number of sulfonamides is 1. The van der Waals surface area contributed by atoms with Crippen molar-refractivity contribution < 1.29 is 22.9 Å². The predicted molar refractivity (Wildman–Crippen MR) is 122 cm³/mol. The van der Waals surface area contributed by atoms with Gasteiger partial charge in [-0.2, -0.15) is 0 Å². The van der Waals surface area contributed by atoms with Crippen LogP contribution in [0.2, 0.25) is 0 Å². The average molecular weight is 458 g/mol. The van der Waals surface area contributed by atoms with Crippen molar-refractivity contribution in [2.75, 3.05) is 23.7 Å². The van der Waals surface area contributed by atoms with Gasteiger partial charge in [0.15, 0.2) is 0 Å². The Balaban J connectivity index is 1.66. The number of anilines is 1. The van der Waals surface area contributed by atoms with Gasteiger partial charge in [0.25, 0.3) is 5.69 Å². The van der Waals surface area contributed by atoms with Crippen LogP contribution in [0.15, 0.2) is 66.7 Å². The van der Waals surface area contributed by atoms with E-state index in [1.807, 2.05) is 42.5 Å². The maximum Gasteiger partial charge on any atom is 0.271 e. The first-order valence-corrected chi connectivity index (χ1v) is 11.7. The smallest absolute Gasteiger partial charge is 0.271 e. The van der Waals surface area contributed by atoms with Gasteiger partial charge in [0, 0.05) is 17.5 Å². The van der Waals surface area contributed by atoms with Gasteiger partial charge < -0.3 is 10.1 Å². The molecular weight excluding hydrogens is 434 g/mol. The second-order valence-corrected chi connectivity index (χ2v) is 8.99. The molecule has 1 unspecified atom stereocenters. The van der Waals surface area contributed by atoms with E-state index in [9.17, 15) is 23.3 Å². The van der Waals surface area contributed by atoms with Gasteiger partial charge in [0.05, 0.1) is 23.4 Å². The topological polar surface area (TPSA) is 119 Å². The van der Waals surface area contributed by atoms with E-state index in [0.29, 0.717) is 5.75 Å². The maximum atomic E-state index is 12.6. The van der Waals surface area contributed by atoms with Gasteiger partial charge >= 0.3 is 0 Å². The predicted octanol–water partition coefficient (Wildman–Crippen LogP) is 3.10. The van der Waals surface area contributed by atoms with Crippen molar-refractivity contribution in [2.45, 2.75) is 13.0 Å². The number of benzene rings is 3. The molecular formula is C22H23N3O6S. The van der Waals surface area contributed by atoms with Crippen LogP contribution in [0.4, 0.5) is 11.4 Å². The Bertz CT molecular complexity index is 1240. The summed E-state index contributed by atoms with van der Waals surface area (Å²) in [6.45, 7) is 1.75. The van der Waals surface area contributed by atoms with Gasteiger partial charge in [-0.3, -0.25) is 19.2 Å². The van der Waals surface area contributed by atoms with Crippen molar-refractivity contribution in [3.05, 3.63) is 76.8 Å². The Morgan fingerprint density at radius 1 is 1.12 bits per heavy atom. The minimum Gasteiger partial charge on any atom is -0.491 e. The summed E-state index contributed by atoms with van der Waals surface area (Å²) in [5.41, 5.74) is -0.233. The summed E-state index contributed by atoms with van der Waals surface area (Å²) < 4.78 is 31.3. The molecule has 0 bridgehead atoms. The van der Waals surface area contributed by atoms with Crippen molar-refractivity contribution in [2.24, 2.45) is 0 Å². The quantitative estimate of drug-likeness (QED) is 0.300. The minimum absolute atomic E-state index is 0.0383. The van der Waals surface area contributed by atoms with Gasteiger partial charge in [0.1, 0.15) is 18.4 Å². The third kappa shape index (κ3) is 5.33. The Labute approximate surface area is 185 Å². The molecule has 0 spiro atoms. The minimum atomic E-state index is -3.88. The van der Waals surface area contributed by atoms with Crippen LogP contribution >= 0.6 is 0 Å². The molecule has 10 heteroatoms. The van der Waals surface area contributed by atoms with Crippen LogP contribution < -0.4 is 14.4 Å². The van der Waals surface area contributed by atoms with Crippen LogP contribution in [0.1, 0.15) is 6.92 Å². The lowest BCUT2D eigenvalue weighted by molar-refractivity contribution is -0.384. The molecule has 0 aliphatic heterocycles. The number of amides is 1. The molecule has 0 saturated heterocycles. The fourth-order valence-electron chi connectivity index (χ4n) is 3.36. The molecule has 32 heavy (non-hydrogen) atoms. The summed E-state index contributed by atoms with van der Waals surface area (Å²) in [6, 6.07) is 17.5. The number of nitrogens with zero attached hydrogens (tertiary/aromatic N) is 2. The number of rotatable bonds is 9. The normalized spacial score (nSPS) is 12.2. The highest BCUT2D eigenvalue weighted by Gasteiger charge is 2.29. The molecule has 3 rings (SSSR count). The standard InChI is InChI=1S/C22H23N3O6S/c1-16(24(32(2,29)30)18-9-6-10-19(15-18)25(27)28)22(26)23-13-14-31-21-12-5-8-17-7-3-4-11-20(17)21/h3-12,15-16H,13-14H2,1-2H3,(H,23,26). The fraction of sp³-hybridized carbons (Fsp3) is 0.227. The number of ether oxygens (including phenoxy) is 1. The third-order valence-electron chi connectivity index (χ3n) is 4.79. The highest BCUT2D eigenvalue weighted by atomic mass is 32.2. The lowest BCUT2D eigenvalue weighted by Crippen LogP contribution is -2.48. The highest BCUT2D eigenvalue weighted by molar-refractivity contribution is 7.92. The zero-order valence-corrected chi connectivity index (χ0v) is 18.4. The Morgan fingerprint density at radius 2 is 1.81 bits per heavy atom. The van der Waals surface area contributed by atoms with Crippen LogP contribution in [-0.2, 0) is 14.8 Å². The summed E-state index contributed by atoms with van der Waals surface area (Å²) in [6.07, 6.45) is 0.944. The summed E-state index contributed by atoms with van der Waals surface area (Å²) in [5, 5.41) is 15.7. The molecule has 0 aliphatic carbocycles. The summed E-state index contributed by atoms with van der Waals surface area (Å²) in [7, 11) is -3.88. The second-order valence-electron chi connectivity index (χ2n) is 7.13. The zero-order chi connectivity index (χ0) is 23.3. The number of nitro benzene ring substituents is 1. The Kier molecular flexibility index (Phi) is 6.94. The molecule has 0 heterocycles. The molecule has 3 aromatic carbocycles. The molecule has 1 N–H and O–H groups in total. The average Bonchev–Trinajstić information content (AvgIpc) is 2.76. The largest absolute Gasteiger partial charge is 0.491 e. The number of nitro groups is 1. The monoisotopic (exact) mass is 457 g/mol. The maximum absolute atomic E-state index is 12.6. The van der Waals surface area contributed by atoms with E-state index < -0.39 is 26.9 Å². The zero-order valence-electron chi connectivity index (χ0n) is 17.6. The van der Waals surface area contributed by atoms with Gasteiger partial charge in [-0.25, -0.2) is 8.42 Å². The van der Waals surface area contributed by atoms with E-state index >= 15 is 0 Å². The van der Waals surface area contributed by atoms with Gasteiger partial charge in [-0.15, -0.1) is 0 Å². The van der Waals surface area contributed by atoms with E-state index in [0.717, 1.165) is 27.4 Å². The number of nitrogens with one attached hydrogen (secondary N) is 1. The first-order valence-electron chi connectivity index (χ1n) is 9.80. The Morgan fingerprint density at radius 3 is 2.53 bits per heavy atom. The van der Waals surface area contributed by atoms with Crippen LogP contribution in [-0.4, -0.2) is 44.7 Å². The van der Waals surface area contributed by atoms with E-state index in [1.54, 1.807) is 0 Å². The summed E-state index contributed by atoms with van der Waals surface area (Å²) >= 11 is 0. The molecule has 0 radical (unpaired) electrons. The van der Waals surface area contributed by atoms with Crippen LogP contribution in [0.5, 0.6) is 5.75 Å². The second kappa shape index (κ2) is 9.65. The summed E-state index contributed by atoms with van der Waals surface area (Å²) in [4.78, 5) is 23.1. The lowest BCUT2D eigenvalue weighted by atomic mass is 10.1. The van der Waals surface area contributed by atoms with Crippen molar-refractivity contribution in [1.29, 1.82) is 0 Å². The highest BCUT2D eigenvalue weighted by Crippen LogP contribution is 2.26. The van der Waals surface area contributed by atoms with Crippen LogP contribution in [0, 0.1) is 10.1 Å². The van der Waals surface area contributed by atoms with E-state index in [4.69, 9.17) is 4.74 Å². The van der Waals surface area contributed by atoms with Crippen molar-refractivity contribution in [1.82, 2.24) is 5.32 Å². The first kappa shape index (κ1) is 23.0. The first-order chi connectivity index (χ1) is 15.2. The molecule has 1 amide bonds. The lowest BCUT2D eigenvalue weighted by Gasteiger charge is -2.28. The number of carbonyl (C=O) groups excluding carboxylic acids is 1. The SMILES string of the molecule is CC(C(=O)NCCOc1cccc2ccccc12)N(c1cccc([N+](=O)[O-])c1)S(C)(=O)=O. The molecule has 0 aromatic heterocycles. The van der Waals surface area contributed by atoms with E-state index in [1.165, 1.54) is 25.1 Å². The summed E-state index contributed by atoms with van der Waals surface area (Å²) in [5.74, 6) is 0.128. The molecule has 1 atom stereocenters. The van der Waals surface area contributed by atoms with Crippen LogP contribution in [0.25, 0.3) is 10.8 Å². The third-order valence-corrected chi connectivity index (χ3v) is 6.03. The van der Waals surface area contributed by atoms with Gasteiger partial charge in [-0.05, 0) is 24.4 Å².